The standard InChI is InChI=1S/C16H19F3N2O4/c1-3-7-20-14(23)10(2)21-13(22)9-25-15(24)11-5-4-6-12(8-11)16(17,18)19/h4-6,8,10H,3,7,9H2,1-2H3,(H,20,23)(H,21,22)/t10-/m1/s1. The average Bonchev–Trinajstić information content (AvgIpc) is 2.56. The molecule has 9 heteroatoms. The molecular formula is C16H19F3N2O4. The molecule has 1 aromatic rings. The van der Waals surface area contributed by atoms with Crippen LogP contribution in [0, 0.1) is 0 Å². The van der Waals surface area contributed by atoms with Crippen LogP contribution < -0.4 is 10.6 Å². The third-order valence-electron chi connectivity index (χ3n) is 3.08. The summed E-state index contributed by atoms with van der Waals surface area (Å²) in [5.41, 5.74) is -1.32. The maximum atomic E-state index is 12.6. The molecule has 0 saturated heterocycles. The number of alkyl halides is 3. The van der Waals surface area contributed by atoms with Crippen LogP contribution in [0.5, 0.6) is 0 Å². The molecule has 1 rings (SSSR count). The second-order valence-corrected chi connectivity index (χ2v) is 5.23. The Morgan fingerprint density at radius 3 is 2.52 bits per heavy atom. The number of halogens is 3. The second kappa shape index (κ2) is 9.05. The van der Waals surface area contributed by atoms with Gasteiger partial charge in [0.1, 0.15) is 6.04 Å². The summed E-state index contributed by atoms with van der Waals surface area (Å²) in [4.78, 5) is 35.0. The number of carbonyl (C=O) groups excluding carboxylic acids is 3. The molecule has 1 atom stereocenters. The highest BCUT2D eigenvalue weighted by atomic mass is 19.4. The van der Waals surface area contributed by atoms with E-state index in [2.05, 4.69) is 15.4 Å². The van der Waals surface area contributed by atoms with Gasteiger partial charge in [0.2, 0.25) is 5.91 Å². The number of carbonyl (C=O) groups is 3. The number of esters is 1. The lowest BCUT2D eigenvalue weighted by atomic mass is 10.1. The molecule has 0 aliphatic rings. The average molecular weight is 360 g/mol. The van der Waals surface area contributed by atoms with Crippen molar-refractivity contribution in [1.29, 1.82) is 0 Å². The maximum absolute atomic E-state index is 12.6. The van der Waals surface area contributed by atoms with Crippen LogP contribution in [-0.4, -0.2) is 37.0 Å². The van der Waals surface area contributed by atoms with E-state index in [9.17, 15) is 27.6 Å². The highest BCUT2D eigenvalue weighted by Gasteiger charge is 2.31. The first-order valence-electron chi connectivity index (χ1n) is 7.56. The first-order valence-corrected chi connectivity index (χ1v) is 7.56. The Morgan fingerprint density at radius 2 is 1.92 bits per heavy atom. The van der Waals surface area contributed by atoms with Gasteiger partial charge in [-0.2, -0.15) is 13.2 Å². The van der Waals surface area contributed by atoms with Gasteiger partial charge in [-0.05, 0) is 31.5 Å². The normalized spacial score (nSPS) is 12.2. The van der Waals surface area contributed by atoms with Crippen molar-refractivity contribution in [2.24, 2.45) is 0 Å². The summed E-state index contributed by atoms with van der Waals surface area (Å²) in [5, 5.41) is 4.90. The predicted octanol–water partition coefficient (Wildman–Crippen LogP) is 1.89. The van der Waals surface area contributed by atoms with Gasteiger partial charge in [0, 0.05) is 6.54 Å². The number of rotatable bonds is 7. The maximum Gasteiger partial charge on any atom is 0.416 e. The predicted molar refractivity (Wildman–Crippen MR) is 82.6 cm³/mol. The molecule has 0 saturated carbocycles. The van der Waals surface area contributed by atoms with Gasteiger partial charge in [-0.15, -0.1) is 0 Å². The smallest absolute Gasteiger partial charge is 0.416 e. The molecule has 6 nitrogen and oxygen atoms in total. The number of benzene rings is 1. The van der Waals surface area contributed by atoms with Crippen molar-refractivity contribution in [3.05, 3.63) is 35.4 Å². The van der Waals surface area contributed by atoms with E-state index in [1.807, 2.05) is 6.92 Å². The van der Waals surface area contributed by atoms with E-state index in [4.69, 9.17) is 0 Å². The van der Waals surface area contributed by atoms with Crippen LogP contribution in [0.1, 0.15) is 36.2 Å². The summed E-state index contributed by atoms with van der Waals surface area (Å²) in [7, 11) is 0. The Hall–Kier alpha value is -2.58. The van der Waals surface area contributed by atoms with E-state index in [0.717, 1.165) is 24.6 Å². The summed E-state index contributed by atoms with van der Waals surface area (Å²) in [6, 6.07) is 2.85. The Balaban J connectivity index is 2.53. The molecule has 0 aliphatic heterocycles. The fourth-order valence-electron chi connectivity index (χ4n) is 1.79. The number of nitrogens with one attached hydrogen (secondary N) is 2. The van der Waals surface area contributed by atoms with Crippen LogP contribution in [0.3, 0.4) is 0 Å². The Labute approximate surface area is 142 Å². The lowest BCUT2D eigenvalue weighted by Crippen LogP contribution is -2.46. The third kappa shape index (κ3) is 6.82. The highest BCUT2D eigenvalue weighted by molar-refractivity contribution is 5.92. The van der Waals surface area contributed by atoms with Crippen LogP contribution >= 0.6 is 0 Å². The van der Waals surface area contributed by atoms with Crippen LogP contribution in [-0.2, 0) is 20.5 Å². The molecule has 25 heavy (non-hydrogen) atoms. The fourth-order valence-corrected chi connectivity index (χ4v) is 1.79. The van der Waals surface area contributed by atoms with Gasteiger partial charge in [-0.25, -0.2) is 4.79 Å². The molecule has 0 aliphatic carbocycles. The van der Waals surface area contributed by atoms with Gasteiger partial charge in [0.25, 0.3) is 5.91 Å². The minimum atomic E-state index is -4.59. The summed E-state index contributed by atoms with van der Waals surface area (Å²) in [5.74, 6) is -2.19. The first-order chi connectivity index (χ1) is 11.6. The molecule has 2 amide bonds. The Kier molecular flexibility index (Phi) is 7.41. The lowest BCUT2D eigenvalue weighted by molar-refractivity contribution is -0.137. The minimum Gasteiger partial charge on any atom is -0.452 e. The molecule has 138 valence electrons. The van der Waals surface area contributed by atoms with Crippen LogP contribution in [0.4, 0.5) is 13.2 Å². The molecule has 1 aromatic carbocycles. The van der Waals surface area contributed by atoms with Gasteiger partial charge >= 0.3 is 12.1 Å². The van der Waals surface area contributed by atoms with E-state index in [-0.39, 0.29) is 11.5 Å². The summed E-state index contributed by atoms with van der Waals surface area (Å²) >= 11 is 0. The lowest BCUT2D eigenvalue weighted by Gasteiger charge is -2.14. The van der Waals surface area contributed by atoms with Gasteiger partial charge in [-0.1, -0.05) is 13.0 Å². The minimum absolute atomic E-state index is 0.323. The molecule has 0 spiro atoms. The number of hydrogen-bond donors (Lipinski definition) is 2. The molecule has 0 bridgehead atoms. The van der Waals surface area contributed by atoms with Crippen LogP contribution in [0.15, 0.2) is 24.3 Å². The first kappa shape index (κ1) is 20.5. The number of amides is 2. The third-order valence-corrected chi connectivity index (χ3v) is 3.08. The van der Waals surface area contributed by atoms with E-state index in [1.54, 1.807) is 0 Å². The van der Waals surface area contributed by atoms with Crippen molar-refractivity contribution in [2.45, 2.75) is 32.5 Å². The molecule has 0 fully saturated rings. The summed E-state index contributed by atoms with van der Waals surface area (Å²) in [6.07, 6.45) is -3.85. The van der Waals surface area contributed by atoms with Crippen LogP contribution in [0.25, 0.3) is 0 Å². The van der Waals surface area contributed by atoms with E-state index < -0.39 is 36.3 Å². The van der Waals surface area contributed by atoms with Crippen molar-refractivity contribution in [3.63, 3.8) is 0 Å². The fraction of sp³-hybridized carbons (Fsp3) is 0.438. The van der Waals surface area contributed by atoms with Gasteiger partial charge in [0.15, 0.2) is 6.61 Å². The molecule has 0 radical (unpaired) electrons. The zero-order valence-corrected chi connectivity index (χ0v) is 13.8. The van der Waals surface area contributed by atoms with Crippen LogP contribution in [0.2, 0.25) is 0 Å². The Morgan fingerprint density at radius 1 is 1.24 bits per heavy atom. The van der Waals surface area contributed by atoms with Gasteiger partial charge < -0.3 is 15.4 Å². The monoisotopic (exact) mass is 360 g/mol. The van der Waals surface area contributed by atoms with E-state index in [0.29, 0.717) is 12.6 Å². The van der Waals surface area contributed by atoms with E-state index in [1.165, 1.54) is 6.92 Å². The van der Waals surface area contributed by atoms with Crippen molar-refractivity contribution in [2.75, 3.05) is 13.2 Å². The van der Waals surface area contributed by atoms with Crippen molar-refractivity contribution in [1.82, 2.24) is 10.6 Å². The van der Waals surface area contributed by atoms with Gasteiger partial charge in [-0.3, -0.25) is 9.59 Å². The van der Waals surface area contributed by atoms with Crippen molar-refractivity contribution >= 4 is 17.8 Å². The zero-order valence-electron chi connectivity index (χ0n) is 13.8. The molecule has 0 heterocycles. The van der Waals surface area contributed by atoms with Crippen molar-refractivity contribution in [3.8, 4) is 0 Å². The topological polar surface area (TPSA) is 84.5 Å². The Bertz CT molecular complexity index is 632. The summed E-state index contributed by atoms with van der Waals surface area (Å²) < 4.78 is 42.5. The number of ether oxygens (including phenoxy) is 1. The molecule has 0 aromatic heterocycles. The van der Waals surface area contributed by atoms with E-state index >= 15 is 0 Å². The molecule has 0 unspecified atom stereocenters. The molecular weight excluding hydrogens is 341 g/mol. The molecule has 2 N–H and O–H groups in total. The zero-order chi connectivity index (χ0) is 19.0. The quantitative estimate of drug-likeness (QED) is 0.728. The number of hydrogen-bond acceptors (Lipinski definition) is 4. The van der Waals surface area contributed by atoms with Crippen molar-refractivity contribution < 1.29 is 32.3 Å². The van der Waals surface area contributed by atoms with Gasteiger partial charge in [0.05, 0.1) is 11.1 Å². The largest absolute Gasteiger partial charge is 0.452 e. The second-order valence-electron chi connectivity index (χ2n) is 5.23. The summed E-state index contributed by atoms with van der Waals surface area (Å²) in [6.45, 7) is 3.08. The highest BCUT2D eigenvalue weighted by Crippen LogP contribution is 2.29. The SMILES string of the molecule is CCCNC(=O)[C@@H](C)NC(=O)COC(=O)c1cccc(C(F)(F)F)c1.